The highest BCUT2D eigenvalue weighted by Gasteiger charge is 2.15. The van der Waals surface area contributed by atoms with Crippen LogP contribution in [0.3, 0.4) is 0 Å². The predicted octanol–water partition coefficient (Wildman–Crippen LogP) is 3.62. The van der Waals surface area contributed by atoms with Crippen LogP contribution >= 0.6 is 23.8 Å². The zero-order valence-corrected chi connectivity index (χ0v) is 12.5. The van der Waals surface area contributed by atoms with Gasteiger partial charge in [-0.3, -0.25) is 0 Å². The molecule has 0 aliphatic heterocycles. The Balaban J connectivity index is 2.25. The Morgan fingerprint density at radius 1 is 1.24 bits per heavy atom. The van der Waals surface area contributed by atoms with E-state index < -0.39 is 0 Å². The molecule has 2 N–H and O–H groups in total. The van der Waals surface area contributed by atoms with Crippen molar-refractivity contribution in [3.8, 4) is 11.3 Å². The van der Waals surface area contributed by atoms with Gasteiger partial charge in [0.15, 0.2) is 0 Å². The van der Waals surface area contributed by atoms with Crippen molar-refractivity contribution in [2.24, 2.45) is 5.73 Å². The minimum Gasteiger partial charge on any atom is -0.393 e. The number of thiocarbonyl (C=S) groups is 1. The van der Waals surface area contributed by atoms with E-state index >= 15 is 0 Å². The highest BCUT2D eigenvalue weighted by atomic mass is 35.5. The fourth-order valence-corrected chi connectivity index (χ4v) is 2.54. The lowest BCUT2D eigenvalue weighted by Gasteiger charge is -2.04. The molecule has 0 saturated heterocycles. The van der Waals surface area contributed by atoms with Crippen molar-refractivity contribution >= 4 is 34.5 Å². The molecule has 0 aliphatic rings. The number of nitrogens with two attached hydrogens (primary N) is 1. The Kier molecular flexibility index (Phi) is 3.61. The van der Waals surface area contributed by atoms with E-state index in [1.807, 2.05) is 10.5 Å². The van der Waals surface area contributed by atoms with E-state index in [4.69, 9.17) is 29.6 Å². The van der Waals surface area contributed by atoms with E-state index in [1.54, 1.807) is 24.4 Å². The lowest BCUT2D eigenvalue weighted by molar-refractivity contribution is 0.628. The third kappa shape index (κ3) is 2.75. The first-order valence-corrected chi connectivity index (χ1v) is 7.04. The van der Waals surface area contributed by atoms with Gasteiger partial charge < -0.3 is 10.1 Å². The van der Waals surface area contributed by atoms with Crippen LogP contribution in [0, 0.1) is 5.82 Å². The summed E-state index contributed by atoms with van der Waals surface area (Å²) in [4.78, 5) is 4.93. The molecule has 2 heterocycles. The molecule has 21 heavy (non-hydrogen) atoms. The topological polar surface area (TPSA) is 43.3 Å². The van der Waals surface area contributed by atoms with E-state index in [0.29, 0.717) is 16.4 Å². The lowest BCUT2D eigenvalue weighted by atomic mass is 10.1. The molecule has 3 rings (SSSR count). The Hall–Kier alpha value is -1.98. The third-order valence-electron chi connectivity index (χ3n) is 3.14. The Morgan fingerprint density at radius 2 is 1.95 bits per heavy atom. The van der Waals surface area contributed by atoms with Gasteiger partial charge in [-0.1, -0.05) is 23.8 Å². The molecule has 2 aromatic heterocycles. The third-order valence-corrected chi connectivity index (χ3v) is 3.51. The molecule has 0 saturated carbocycles. The smallest absolute Gasteiger partial charge is 0.137 e. The maximum atomic E-state index is 13.1. The Morgan fingerprint density at radius 3 is 2.62 bits per heavy atom. The Bertz CT molecular complexity index is 827. The molecule has 0 aliphatic carbocycles. The van der Waals surface area contributed by atoms with Gasteiger partial charge in [-0.05, 0) is 36.4 Å². The second-order valence-electron chi connectivity index (χ2n) is 4.63. The number of halogens is 2. The van der Waals surface area contributed by atoms with Gasteiger partial charge in [-0.25, -0.2) is 9.37 Å². The first kappa shape index (κ1) is 14.0. The van der Waals surface area contributed by atoms with Gasteiger partial charge in [0.05, 0.1) is 21.4 Å². The molecular weight excluding hydrogens is 309 g/mol. The maximum Gasteiger partial charge on any atom is 0.137 e. The van der Waals surface area contributed by atoms with Crippen LogP contribution in [0.1, 0.15) is 5.69 Å². The zero-order valence-electron chi connectivity index (χ0n) is 10.9. The van der Waals surface area contributed by atoms with Crippen molar-refractivity contribution in [2.45, 2.75) is 6.42 Å². The molecule has 0 radical (unpaired) electrons. The molecule has 3 nitrogen and oxygen atoms in total. The lowest BCUT2D eigenvalue weighted by Crippen LogP contribution is -2.13. The summed E-state index contributed by atoms with van der Waals surface area (Å²) < 4.78 is 14.9. The van der Waals surface area contributed by atoms with E-state index in [2.05, 4.69) is 4.98 Å². The summed E-state index contributed by atoms with van der Waals surface area (Å²) in [5.74, 6) is -0.290. The monoisotopic (exact) mass is 319 g/mol. The zero-order chi connectivity index (χ0) is 15.0. The Labute approximate surface area is 131 Å². The molecule has 0 amide bonds. The van der Waals surface area contributed by atoms with Gasteiger partial charge in [0.1, 0.15) is 11.5 Å². The van der Waals surface area contributed by atoms with Gasteiger partial charge in [-0.15, -0.1) is 0 Å². The molecule has 0 fully saturated rings. The summed E-state index contributed by atoms with van der Waals surface area (Å²) >= 11 is 11.1. The molecule has 0 unspecified atom stereocenters. The second kappa shape index (κ2) is 5.42. The minimum absolute atomic E-state index is 0.290. The standard InChI is InChI=1S/C15H11ClFN3S/c16-10-3-6-14-19-15(9-1-4-11(17)5-2-9)12(7-13(18)21)20(14)8-10/h1-6,8H,7H2,(H2,18,21). The van der Waals surface area contributed by atoms with E-state index in [9.17, 15) is 4.39 Å². The van der Waals surface area contributed by atoms with Gasteiger partial charge >= 0.3 is 0 Å². The molecule has 0 atom stereocenters. The molecule has 0 spiro atoms. The summed E-state index contributed by atoms with van der Waals surface area (Å²) in [6.45, 7) is 0. The summed E-state index contributed by atoms with van der Waals surface area (Å²) in [6.07, 6.45) is 2.16. The number of hydrogen-bond acceptors (Lipinski definition) is 2. The van der Waals surface area contributed by atoms with Crippen LogP contribution < -0.4 is 5.73 Å². The molecule has 6 heteroatoms. The number of fused-ring (bicyclic) bond motifs is 1. The first-order chi connectivity index (χ1) is 10.0. The maximum absolute atomic E-state index is 13.1. The largest absolute Gasteiger partial charge is 0.393 e. The van der Waals surface area contributed by atoms with Crippen molar-refractivity contribution in [1.29, 1.82) is 0 Å². The van der Waals surface area contributed by atoms with Gasteiger partial charge in [0.2, 0.25) is 0 Å². The highest BCUT2D eigenvalue weighted by Crippen LogP contribution is 2.26. The van der Waals surface area contributed by atoms with Crippen molar-refractivity contribution in [3.63, 3.8) is 0 Å². The summed E-state index contributed by atoms with van der Waals surface area (Å²) in [7, 11) is 0. The number of pyridine rings is 1. The molecular formula is C15H11ClFN3S. The number of hydrogen-bond donors (Lipinski definition) is 1. The number of nitrogens with zero attached hydrogens (tertiary/aromatic N) is 2. The predicted molar refractivity (Wildman–Crippen MR) is 86.1 cm³/mol. The van der Waals surface area contributed by atoms with Crippen LogP contribution in [0.2, 0.25) is 5.02 Å². The second-order valence-corrected chi connectivity index (χ2v) is 5.59. The first-order valence-electron chi connectivity index (χ1n) is 6.25. The average Bonchev–Trinajstić information content (AvgIpc) is 2.77. The molecule has 1 aromatic carbocycles. The normalized spacial score (nSPS) is 11.0. The van der Waals surface area contributed by atoms with Crippen molar-refractivity contribution in [3.05, 3.63) is 59.1 Å². The van der Waals surface area contributed by atoms with E-state index in [-0.39, 0.29) is 5.82 Å². The fourth-order valence-electron chi connectivity index (χ4n) is 2.24. The van der Waals surface area contributed by atoms with Crippen LogP contribution in [0.5, 0.6) is 0 Å². The van der Waals surface area contributed by atoms with Crippen LogP contribution in [0.15, 0.2) is 42.6 Å². The molecule has 106 valence electrons. The summed E-state index contributed by atoms with van der Waals surface area (Å²) in [5.41, 5.74) is 8.80. The van der Waals surface area contributed by atoms with Gasteiger partial charge in [-0.2, -0.15) is 0 Å². The highest BCUT2D eigenvalue weighted by molar-refractivity contribution is 7.80. The molecule has 3 aromatic rings. The fraction of sp³-hybridized carbons (Fsp3) is 0.0667. The minimum atomic E-state index is -0.290. The van der Waals surface area contributed by atoms with Crippen LogP contribution in [-0.4, -0.2) is 14.4 Å². The summed E-state index contributed by atoms with van der Waals surface area (Å²) in [6, 6.07) is 9.75. The van der Waals surface area contributed by atoms with Crippen LogP contribution in [-0.2, 0) is 6.42 Å². The van der Waals surface area contributed by atoms with Crippen molar-refractivity contribution in [2.75, 3.05) is 0 Å². The number of aromatic nitrogens is 2. The van der Waals surface area contributed by atoms with Crippen LogP contribution in [0.4, 0.5) is 4.39 Å². The van der Waals surface area contributed by atoms with E-state index in [0.717, 1.165) is 22.6 Å². The number of benzene rings is 1. The van der Waals surface area contributed by atoms with Crippen molar-refractivity contribution in [1.82, 2.24) is 9.38 Å². The average molecular weight is 320 g/mol. The quantitative estimate of drug-likeness (QED) is 0.750. The number of rotatable bonds is 3. The van der Waals surface area contributed by atoms with E-state index in [1.165, 1.54) is 12.1 Å². The van der Waals surface area contributed by atoms with Crippen molar-refractivity contribution < 1.29 is 4.39 Å². The molecule has 0 bridgehead atoms. The summed E-state index contributed by atoms with van der Waals surface area (Å²) in [5, 5.41) is 0.592. The number of imidazole rings is 1. The van der Waals surface area contributed by atoms with Crippen LogP contribution in [0.25, 0.3) is 16.9 Å². The van der Waals surface area contributed by atoms with Gasteiger partial charge in [0.25, 0.3) is 0 Å². The van der Waals surface area contributed by atoms with Gasteiger partial charge in [0, 0.05) is 18.2 Å². The SMILES string of the molecule is NC(=S)Cc1c(-c2ccc(F)cc2)nc2ccc(Cl)cn12.